The van der Waals surface area contributed by atoms with Gasteiger partial charge in [-0.1, -0.05) is 37.6 Å². The maximum absolute atomic E-state index is 9.93. The zero-order valence-electron chi connectivity index (χ0n) is 7.46. The molecule has 1 N–H and O–H groups in total. The molecule has 1 rings (SSSR count). The predicted molar refractivity (Wildman–Crippen MR) is 47.3 cm³/mol. The summed E-state index contributed by atoms with van der Waals surface area (Å²) in [7, 11) is 0. The number of rotatable bonds is 1. The smallest absolute Gasteiger partial charge is 0.0888 e. The SMILES string of the molecule is CC1=CCC(O)(C(C)C)C=C1. The molecule has 0 aromatic heterocycles. The molecule has 0 aliphatic heterocycles. The third-order valence-electron chi connectivity index (χ3n) is 2.39. The lowest BCUT2D eigenvalue weighted by molar-refractivity contribution is 0.0448. The summed E-state index contributed by atoms with van der Waals surface area (Å²) in [5.74, 6) is 0.295. The van der Waals surface area contributed by atoms with Gasteiger partial charge in [0.25, 0.3) is 0 Å². The Hall–Kier alpha value is -0.560. The summed E-state index contributed by atoms with van der Waals surface area (Å²) in [5.41, 5.74) is 0.648. The lowest BCUT2D eigenvalue weighted by Gasteiger charge is -2.30. The van der Waals surface area contributed by atoms with Crippen LogP contribution in [0.4, 0.5) is 0 Å². The van der Waals surface area contributed by atoms with Gasteiger partial charge in [-0.15, -0.1) is 0 Å². The number of hydrogen-bond acceptors (Lipinski definition) is 1. The highest BCUT2D eigenvalue weighted by molar-refractivity contribution is 5.26. The first-order chi connectivity index (χ1) is 5.04. The van der Waals surface area contributed by atoms with Crippen molar-refractivity contribution in [2.45, 2.75) is 32.8 Å². The van der Waals surface area contributed by atoms with Crippen LogP contribution in [-0.2, 0) is 0 Å². The maximum atomic E-state index is 9.93. The van der Waals surface area contributed by atoms with Crippen molar-refractivity contribution < 1.29 is 5.11 Å². The van der Waals surface area contributed by atoms with Gasteiger partial charge < -0.3 is 5.11 Å². The molecule has 62 valence electrons. The Bertz CT molecular complexity index is 201. The molecule has 0 heterocycles. The molecule has 0 bridgehead atoms. The molecule has 0 spiro atoms. The molecule has 1 heteroatoms. The zero-order chi connectivity index (χ0) is 8.48. The largest absolute Gasteiger partial charge is 0.385 e. The highest BCUT2D eigenvalue weighted by Crippen LogP contribution is 2.27. The van der Waals surface area contributed by atoms with E-state index in [9.17, 15) is 5.11 Å². The highest BCUT2D eigenvalue weighted by Gasteiger charge is 2.27. The topological polar surface area (TPSA) is 20.2 Å². The zero-order valence-corrected chi connectivity index (χ0v) is 7.46. The average molecular weight is 152 g/mol. The molecule has 1 unspecified atom stereocenters. The first kappa shape index (κ1) is 8.54. The fraction of sp³-hybridized carbons (Fsp3) is 0.600. The highest BCUT2D eigenvalue weighted by atomic mass is 16.3. The van der Waals surface area contributed by atoms with E-state index in [1.54, 1.807) is 0 Å². The monoisotopic (exact) mass is 152 g/mol. The molecule has 0 saturated carbocycles. The summed E-state index contributed by atoms with van der Waals surface area (Å²) in [6.07, 6.45) is 6.74. The first-order valence-electron chi connectivity index (χ1n) is 4.13. The van der Waals surface area contributed by atoms with E-state index < -0.39 is 5.60 Å². The van der Waals surface area contributed by atoms with Gasteiger partial charge in [0.15, 0.2) is 0 Å². The van der Waals surface area contributed by atoms with Crippen LogP contribution >= 0.6 is 0 Å². The summed E-state index contributed by atoms with van der Waals surface area (Å²) in [5, 5.41) is 9.93. The summed E-state index contributed by atoms with van der Waals surface area (Å²) < 4.78 is 0. The van der Waals surface area contributed by atoms with Crippen molar-refractivity contribution in [3.05, 3.63) is 23.8 Å². The van der Waals surface area contributed by atoms with Crippen LogP contribution < -0.4 is 0 Å². The first-order valence-corrected chi connectivity index (χ1v) is 4.13. The lowest BCUT2D eigenvalue weighted by Crippen LogP contribution is -2.33. The Balaban J connectivity index is 2.74. The molecule has 1 aliphatic carbocycles. The van der Waals surface area contributed by atoms with E-state index in [4.69, 9.17) is 0 Å². The van der Waals surface area contributed by atoms with Gasteiger partial charge in [-0.05, 0) is 19.3 Å². The van der Waals surface area contributed by atoms with Gasteiger partial charge in [0.2, 0.25) is 0 Å². The van der Waals surface area contributed by atoms with E-state index >= 15 is 0 Å². The van der Waals surface area contributed by atoms with E-state index in [-0.39, 0.29) is 0 Å². The Morgan fingerprint density at radius 1 is 1.55 bits per heavy atom. The standard InChI is InChI=1S/C10H16O/c1-8(2)10(11)6-4-9(3)5-7-10/h4-6,8,11H,7H2,1-3H3. The van der Waals surface area contributed by atoms with Gasteiger partial charge in [0.05, 0.1) is 5.60 Å². The Morgan fingerprint density at radius 3 is 2.55 bits per heavy atom. The van der Waals surface area contributed by atoms with E-state index in [1.807, 2.05) is 26.0 Å². The number of aliphatic hydroxyl groups is 1. The fourth-order valence-electron chi connectivity index (χ4n) is 1.16. The summed E-state index contributed by atoms with van der Waals surface area (Å²) in [4.78, 5) is 0. The van der Waals surface area contributed by atoms with Crippen molar-refractivity contribution in [2.24, 2.45) is 5.92 Å². The number of allylic oxidation sites excluding steroid dienone is 2. The van der Waals surface area contributed by atoms with Crippen molar-refractivity contribution in [1.29, 1.82) is 0 Å². The quantitative estimate of drug-likeness (QED) is 0.611. The van der Waals surface area contributed by atoms with Crippen molar-refractivity contribution in [3.63, 3.8) is 0 Å². The van der Waals surface area contributed by atoms with E-state index in [2.05, 4.69) is 13.0 Å². The van der Waals surface area contributed by atoms with Crippen molar-refractivity contribution in [1.82, 2.24) is 0 Å². The molecule has 0 amide bonds. The third kappa shape index (κ3) is 1.72. The van der Waals surface area contributed by atoms with E-state index in [0.717, 1.165) is 6.42 Å². The van der Waals surface area contributed by atoms with Crippen LogP contribution in [-0.4, -0.2) is 10.7 Å². The lowest BCUT2D eigenvalue weighted by atomic mass is 9.83. The van der Waals surface area contributed by atoms with Crippen LogP contribution in [0.25, 0.3) is 0 Å². The van der Waals surface area contributed by atoms with Gasteiger partial charge in [0, 0.05) is 0 Å². The van der Waals surface area contributed by atoms with Gasteiger partial charge in [-0.25, -0.2) is 0 Å². The maximum Gasteiger partial charge on any atom is 0.0888 e. The minimum Gasteiger partial charge on any atom is -0.385 e. The number of hydrogen-bond donors (Lipinski definition) is 1. The second-order valence-corrected chi connectivity index (χ2v) is 3.63. The van der Waals surface area contributed by atoms with Crippen LogP contribution in [0.2, 0.25) is 0 Å². The van der Waals surface area contributed by atoms with Crippen molar-refractivity contribution in [3.8, 4) is 0 Å². The molecule has 0 radical (unpaired) electrons. The molecular formula is C10H16O. The van der Waals surface area contributed by atoms with E-state index in [1.165, 1.54) is 5.57 Å². The Kier molecular flexibility index (Phi) is 2.19. The van der Waals surface area contributed by atoms with Crippen LogP contribution in [0, 0.1) is 5.92 Å². The van der Waals surface area contributed by atoms with Crippen molar-refractivity contribution >= 4 is 0 Å². The summed E-state index contributed by atoms with van der Waals surface area (Å²) in [6.45, 7) is 6.13. The summed E-state index contributed by atoms with van der Waals surface area (Å²) in [6, 6.07) is 0. The van der Waals surface area contributed by atoms with Crippen LogP contribution in [0.1, 0.15) is 27.2 Å². The predicted octanol–water partition coefficient (Wildman–Crippen LogP) is 2.28. The van der Waals surface area contributed by atoms with Crippen LogP contribution in [0.5, 0.6) is 0 Å². The van der Waals surface area contributed by atoms with Crippen molar-refractivity contribution in [2.75, 3.05) is 0 Å². The van der Waals surface area contributed by atoms with Gasteiger partial charge in [-0.3, -0.25) is 0 Å². The van der Waals surface area contributed by atoms with Crippen LogP contribution in [0.3, 0.4) is 0 Å². The second kappa shape index (κ2) is 2.82. The van der Waals surface area contributed by atoms with Crippen LogP contribution in [0.15, 0.2) is 23.8 Å². The summed E-state index contributed by atoms with van der Waals surface area (Å²) >= 11 is 0. The molecule has 0 fully saturated rings. The molecule has 0 aromatic rings. The minimum absolute atomic E-state index is 0.295. The molecule has 1 aliphatic rings. The molecule has 1 nitrogen and oxygen atoms in total. The molecule has 11 heavy (non-hydrogen) atoms. The molecular weight excluding hydrogens is 136 g/mol. The second-order valence-electron chi connectivity index (χ2n) is 3.63. The normalized spacial score (nSPS) is 30.8. The Morgan fingerprint density at radius 2 is 2.18 bits per heavy atom. The third-order valence-corrected chi connectivity index (χ3v) is 2.39. The molecule has 0 saturated heterocycles. The molecule has 1 atom stereocenters. The minimum atomic E-state index is -0.598. The fourth-order valence-corrected chi connectivity index (χ4v) is 1.16. The van der Waals surface area contributed by atoms with Gasteiger partial charge in [0.1, 0.15) is 0 Å². The van der Waals surface area contributed by atoms with Gasteiger partial charge >= 0.3 is 0 Å². The molecule has 0 aromatic carbocycles. The average Bonchev–Trinajstić information content (AvgIpc) is 1.95. The van der Waals surface area contributed by atoms with E-state index in [0.29, 0.717) is 5.92 Å². The van der Waals surface area contributed by atoms with Gasteiger partial charge in [-0.2, -0.15) is 0 Å². The Labute approximate surface area is 68.4 Å².